The second kappa shape index (κ2) is 5.81. The van der Waals surface area contributed by atoms with E-state index >= 15 is 0 Å². The Morgan fingerprint density at radius 3 is 2.43 bits per heavy atom. The number of piperazine rings is 1. The summed E-state index contributed by atoms with van der Waals surface area (Å²) < 4.78 is 0. The molecule has 0 unspecified atom stereocenters. The molecule has 3 rings (SSSR count). The number of anilines is 1. The lowest BCUT2D eigenvalue weighted by molar-refractivity contribution is 0.0746. The van der Waals surface area contributed by atoms with Gasteiger partial charge in [-0.3, -0.25) is 4.79 Å². The molecule has 2 heterocycles. The summed E-state index contributed by atoms with van der Waals surface area (Å²) in [5, 5.41) is 10.2. The Bertz CT molecular complexity index is 647. The summed E-state index contributed by atoms with van der Waals surface area (Å²) in [5.41, 5.74) is 1.84. The van der Waals surface area contributed by atoms with Gasteiger partial charge >= 0.3 is 0 Å². The third kappa shape index (κ3) is 2.90. The molecule has 2 aromatic rings. The highest BCUT2D eigenvalue weighted by atomic mass is 32.1. The van der Waals surface area contributed by atoms with Gasteiger partial charge in [0.25, 0.3) is 5.91 Å². The zero-order valence-electron chi connectivity index (χ0n) is 12.2. The van der Waals surface area contributed by atoms with E-state index in [2.05, 4.69) is 15.1 Å². The first-order valence-corrected chi connectivity index (χ1v) is 7.87. The minimum atomic E-state index is 0.126. The lowest BCUT2D eigenvalue weighted by Gasteiger charge is -2.34. The maximum absolute atomic E-state index is 12.5. The van der Waals surface area contributed by atoms with Crippen molar-refractivity contribution in [2.24, 2.45) is 0 Å². The van der Waals surface area contributed by atoms with Crippen LogP contribution >= 0.6 is 11.3 Å². The van der Waals surface area contributed by atoms with Gasteiger partial charge in [-0.2, -0.15) is 0 Å². The zero-order valence-corrected chi connectivity index (χ0v) is 13.1. The van der Waals surface area contributed by atoms with Crippen LogP contribution in [0.3, 0.4) is 0 Å². The molecule has 6 heteroatoms. The Labute approximate surface area is 128 Å². The molecule has 1 aliphatic heterocycles. The van der Waals surface area contributed by atoms with Crippen LogP contribution in [0.4, 0.5) is 5.13 Å². The minimum Gasteiger partial charge on any atom is -0.343 e. The molecule has 0 N–H and O–H groups in total. The van der Waals surface area contributed by atoms with Crippen molar-refractivity contribution in [2.45, 2.75) is 13.8 Å². The molecule has 1 aromatic heterocycles. The van der Waals surface area contributed by atoms with Gasteiger partial charge < -0.3 is 9.80 Å². The fraction of sp³-hybridized carbons (Fsp3) is 0.400. The molecule has 1 fully saturated rings. The fourth-order valence-electron chi connectivity index (χ4n) is 2.50. The summed E-state index contributed by atoms with van der Waals surface area (Å²) >= 11 is 1.60. The van der Waals surface area contributed by atoms with E-state index in [1.54, 1.807) is 11.3 Å². The predicted octanol–water partition coefficient (Wildman–Crippen LogP) is 2.12. The second-order valence-corrected chi connectivity index (χ2v) is 6.36. The molecular weight excluding hydrogens is 284 g/mol. The monoisotopic (exact) mass is 302 g/mol. The summed E-state index contributed by atoms with van der Waals surface area (Å²) in [6.07, 6.45) is 0. The summed E-state index contributed by atoms with van der Waals surface area (Å²) in [5.74, 6) is 0.126. The van der Waals surface area contributed by atoms with Gasteiger partial charge in [-0.05, 0) is 25.5 Å². The van der Waals surface area contributed by atoms with Crippen LogP contribution < -0.4 is 4.90 Å². The predicted molar refractivity (Wildman–Crippen MR) is 83.9 cm³/mol. The molecule has 1 aliphatic rings. The number of hydrogen-bond donors (Lipinski definition) is 0. The molecule has 110 valence electrons. The van der Waals surface area contributed by atoms with Gasteiger partial charge in [0.2, 0.25) is 5.13 Å². The zero-order chi connectivity index (χ0) is 14.8. The first-order chi connectivity index (χ1) is 10.1. The van der Waals surface area contributed by atoms with E-state index in [0.717, 1.165) is 47.4 Å². The highest BCUT2D eigenvalue weighted by molar-refractivity contribution is 7.15. The Morgan fingerprint density at radius 2 is 1.81 bits per heavy atom. The van der Waals surface area contributed by atoms with Crippen LogP contribution in [-0.4, -0.2) is 47.2 Å². The van der Waals surface area contributed by atoms with Crippen molar-refractivity contribution in [1.82, 2.24) is 15.1 Å². The number of carbonyl (C=O) groups excluding carboxylic acids is 1. The number of nitrogens with zero attached hydrogens (tertiary/aromatic N) is 4. The van der Waals surface area contributed by atoms with Crippen LogP contribution in [0.15, 0.2) is 24.3 Å². The van der Waals surface area contributed by atoms with Crippen LogP contribution in [0.5, 0.6) is 0 Å². The van der Waals surface area contributed by atoms with Crippen LogP contribution in [-0.2, 0) is 0 Å². The standard InChI is InChI=1S/C15H18N4OS/c1-11-5-3-4-6-13(11)14(20)18-7-9-19(10-8-18)15-17-16-12(2)21-15/h3-6H,7-10H2,1-2H3. The van der Waals surface area contributed by atoms with E-state index < -0.39 is 0 Å². The number of carbonyl (C=O) groups is 1. The molecule has 0 bridgehead atoms. The Balaban J connectivity index is 1.66. The smallest absolute Gasteiger partial charge is 0.254 e. The van der Waals surface area contributed by atoms with Gasteiger partial charge in [0.05, 0.1) is 0 Å². The quantitative estimate of drug-likeness (QED) is 0.852. The first kappa shape index (κ1) is 14.0. The van der Waals surface area contributed by atoms with Gasteiger partial charge in [-0.25, -0.2) is 0 Å². The van der Waals surface area contributed by atoms with Crippen LogP contribution in [0.1, 0.15) is 20.9 Å². The number of aromatic nitrogens is 2. The molecule has 21 heavy (non-hydrogen) atoms. The molecule has 0 spiro atoms. The van der Waals surface area contributed by atoms with Crippen LogP contribution in [0, 0.1) is 13.8 Å². The van der Waals surface area contributed by atoms with Gasteiger partial charge in [0.15, 0.2) is 0 Å². The molecule has 1 aromatic carbocycles. The Morgan fingerprint density at radius 1 is 1.10 bits per heavy atom. The summed E-state index contributed by atoms with van der Waals surface area (Å²) in [6.45, 7) is 7.02. The molecule has 5 nitrogen and oxygen atoms in total. The average molecular weight is 302 g/mol. The van der Waals surface area contributed by atoms with Crippen molar-refractivity contribution in [3.05, 3.63) is 40.4 Å². The molecule has 1 saturated heterocycles. The van der Waals surface area contributed by atoms with Gasteiger partial charge in [-0.1, -0.05) is 29.5 Å². The topological polar surface area (TPSA) is 49.3 Å². The second-order valence-electron chi connectivity index (χ2n) is 5.20. The SMILES string of the molecule is Cc1nnc(N2CCN(C(=O)c3ccccc3C)CC2)s1. The van der Waals surface area contributed by atoms with E-state index in [-0.39, 0.29) is 5.91 Å². The van der Waals surface area contributed by atoms with Crippen molar-refractivity contribution in [1.29, 1.82) is 0 Å². The van der Waals surface area contributed by atoms with E-state index in [1.165, 1.54) is 0 Å². The third-order valence-electron chi connectivity index (χ3n) is 3.73. The maximum atomic E-state index is 12.5. The fourth-order valence-corrected chi connectivity index (χ4v) is 3.24. The van der Waals surface area contributed by atoms with Crippen molar-refractivity contribution < 1.29 is 4.79 Å². The summed E-state index contributed by atoms with van der Waals surface area (Å²) in [6, 6.07) is 7.76. The molecule has 0 atom stereocenters. The van der Waals surface area contributed by atoms with Crippen LogP contribution in [0.25, 0.3) is 0 Å². The number of amides is 1. The highest BCUT2D eigenvalue weighted by Crippen LogP contribution is 2.21. The number of hydrogen-bond acceptors (Lipinski definition) is 5. The van der Waals surface area contributed by atoms with Crippen molar-refractivity contribution in [2.75, 3.05) is 31.1 Å². The van der Waals surface area contributed by atoms with E-state index in [1.807, 2.05) is 43.0 Å². The van der Waals surface area contributed by atoms with Gasteiger partial charge in [0.1, 0.15) is 5.01 Å². The molecule has 0 saturated carbocycles. The minimum absolute atomic E-state index is 0.126. The van der Waals surface area contributed by atoms with E-state index in [4.69, 9.17) is 0 Å². The van der Waals surface area contributed by atoms with Gasteiger partial charge in [-0.15, -0.1) is 10.2 Å². The van der Waals surface area contributed by atoms with Crippen molar-refractivity contribution >= 4 is 22.4 Å². The number of benzene rings is 1. The van der Waals surface area contributed by atoms with Crippen molar-refractivity contribution in [3.63, 3.8) is 0 Å². The lowest BCUT2D eigenvalue weighted by Crippen LogP contribution is -2.48. The van der Waals surface area contributed by atoms with E-state index in [9.17, 15) is 4.79 Å². The van der Waals surface area contributed by atoms with Crippen molar-refractivity contribution in [3.8, 4) is 0 Å². The molecule has 0 aliphatic carbocycles. The maximum Gasteiger partial charge on any atom is 0.254 e. The first-order valence-electron chi connectivity index (χ1n) is 7.05. The average Bonchev–Trinajstić information content (AvgIpc) is 2.94. The third-order valence-corrected chi connectivity index (χ3v) is 4.63. The normalized spacial score (nSPS) is 15.3. The Kier molecular flexibility index (Phi) is 3.88. The summed E-state index contributed by atoms with van der Waals surface area (Å²) in [7, 11) is 0. The summed E-state index contributed by atoms with van der Waals surface area (Å²) in [4.78, 5) is 16.7. The van der Waals surface area contributed by atoms with Gasteiger partial charge in [0, 0.05) is 31.7 Å². The number of aryl methyl sites for hydroxylation is 2. The molecule has 1 amide bonds. The largest absolute Gasteiger partial charge is 0.343 e. The number of rotatable bonds is 2. The lowest BCUT2D eigenvalue weighted by atomic mass is 10.1. The molecular formula is C15H18N4OS. The van der Waals surface area contributed by atoms with E-state index in [0.29, 0.717) is 0 Å². The highest BCUT2D eigenvalue weighted by Gasteiger charge is 2.24. The Hall–Kier alpha value is -1.95. The molecule has 0 radical (unpaired) electrons. The van der Waals surface area contributed by atoms with Crippen LogP contribution in [0.2, 0.25) is 0 Å².